The van der Waals surface area contributed by atoms with E-state index in [0.29, 0.717) is 12.6 Å². The first-order valence-electron chi connectivity index (χ1n) is 7.80. The lowest BCUT2D eigenvalue weighted by Crippen LogP contribution is -2.38. The normalized spacial score (nSPS) is 17.9. The minimum Gasteiger partial charge on any atom is -0.329 e. The van der Waals surface area contributed by atoms with Crippen LogP contribution in [0, 0.1) is 6.92 Å². The van der Waals surface area contributed by atoms with Gasteiger partial charge in [-0.2, -0.15) is 0 Å². The number of aromatic nitrogens is 3. The maximum Gasteiger partial charge on any atom is 0.140 e. The third-order valence-electron chi connectivity index (χ3n) is 5.02. The molecule has 1 aliphatic carbocycles. The number of rotatable bonds is 5. The van der Waals surface area contributed by atoms with Crippen molar-refractivity contribution in [1.29, 1.82) is 0 Å². The van der Waals surface area contributed by atoms with Crippen LogP contribution in [0.1, 0.15) is 76.5 Å². The van der Waals surface area contributed by atoms with Crippen LogP contribution < -0.4 is 5.73 Å². The van der Waals surface area contributed by atoms with Gasteiger partial charge in [0.25, 0.3) is 0 Å². The molecule has 0 bridgehead atoms. The molecule has 1 aromatic rings. The predicted octanol–water partition coefficient (Wildman–Crippen LogP) is 3.11. The van der Waals surface area contributed by atoms with Crippen molar-refractivity contribution < 1.29 is 0 Å². The Balaban J connectivity index is 2.40. The molecule has 4 nitrogen and oxygen atoms in total. The van der Waals surface area contributed by atoms with E-state index >= 15 is 0 Å². The van der Waals surface area contributed by atoms with Crippen molar-refractivity contribution in [2.45, 2.75) is 77.2 Å². The molecule has 108 valence electrons. The zero-order valence-corrected chi connectivity index (χ0v) is 12.7. The summed E-state index contributed by atoms with van der Waals surface area (Å²) in [6, 6.07) is 0.586. The second kappa shape index (κ2) is 6.04. The van der Waals surface area contributed by atoms with Crippen LogP contribution in [0.2, 0.25) is 0 Å². The predicted molar refractivity (Wildman–Crippen MR) is 78.2 cm³/mol. The quantitative estimate of drug-likeness (QED) is 0.889. The van der Waals surface area contributed by atoms with Crippen molar-refractivity contribution in [3.63, 3.8) is 0 Å². The molecule has 19 heavy (non-hydrogen) atoms. The van der Waals surface area contributed by atoms with Gasteiger partial charge in [-0.15, -0.1) is 10.2 Å². The number of nitrogens with two attached hydrogens (primary N) is 1. The summed E-state index contributed by atoms with van der Waals surface area (Å²) in [7, 11) is 0. The van der Waals surface area contributed by atoms with Gasteiger partial charge >= 0.3 is 0 Å². The van der Waals surface area contributed by atoms with Gasteiger partial charge in [0, 0.05) is 18.0 Å². The smallest absolute Gasteiger partial charge is 0.140 e. The van der Waals surface area contributed by atoms with Gasteiger partial charge in [-0.05, 0) is 32.6 Å². The number of nitrogens with zero attached hydrogens (tertiary/aromatic N) is 3. The van der Waals surface area contributed by atoms with E-state index in [1.165, 1.54) is 32.1 Å². The summed E-state index contributed by atoms with van der Waals surface area (Å²) in [5.74, 6) is 2.19. The fourth-order valence-corrected chi connectivity index (χ4v) is 3.45. The topological polar surface area (TPSA) is 56.7 Å². The largest absolute Gasteiger partial charge is 0.329 e. The van der Waals surface area contributed by atoms with Gasteiger partial charge in [0.2, 0.25) is 0 Å². The molecule has 4 heteroatoms. The second-order valence-corrected chi connectivity index (χ2v) is 5.92. The van der Waals surface area contributed by atoms with E-state index in [9.17, 15) is 0 Å². The summed E-state index contributed by atoms with van der Waals surface area (Å²) < 4.78 is 2.40. The Labute approximate surface area is 116 Å². The van der Waals surface area contributed by atoms with Gasteiger partial charge in [0.15, 0.2) is 0 Å². The van der Waals surface area contributed by atoms with Crippen LogP contribution in [0.4, 0.5) is 0 Å². The third kappa shape index (κ3) is 2.55. The standard InChI is InChI=1S/C15H28N4/c1-4-15(5-2,11-16)14-18-17-12(3)19(14)13-9-7-6-8-10-13/h13H,4-11,16H2,1-3H3. The van der Waals surface area contributed by atoms with Crippen LogP contribution in [0.25, 0.3) is 0 Å². The van der Waals surface area contributed by atoms with Crippen LogP contribution in [-0.4, -0.2) is 21.3 Å². The molecule has 1 saturated carbocycles. The number of aryl methyl sites for hydroxylation is 1. The van der Waals surface area contributed by atoms with Crippen LogP contribution in [0.3, 0.4) is 0 Å². The molecule has 0 saturated heterocycles. The van der Waals surface area contributed by atoms with Crippen LogP contribution in [0.15, 0.2) is 0 Å². The molecule has 0 amide bonds. The van der Waals surface area contributed by atoms with Gasteiger partial charge in [-0.3, -0.25) is 0 Å². The summed E-state index contributed by atoms with van der Waals surface area (Å²) in [5.41, 5.74) is 6.09. The molecule has 2 N–H and O–H groups in total. The van der Waals surface area contributed by atoms with E-state index < -0.39 is 0 Å². The first kappa shape index (κ1) is 14.5. The molecule has 0 unspecified atom stereocenters. The second-order valence-electron chi connectivity index (χ2n) is 5.92. The van der Waals surface area contributed by atoms with Crippen molar-refractivity contribution in [2.75, 3.05) is 6.54 Å². The minimum absolute atomic E-state index is 0.00128. The van der Waals surface area contributed by atoms with E-state index in [1.54, 1.807) is 0 Å². The zero-order chi connectivity index (χ0) is 13.9. The fraction of sp³-hybridized carbons (Fsp3) is 0.867. The molecule has 1 aromatic heterocycles. The molecule has 0 aliphatic heterocycles. The van der Waals surface area contributed by atoms with E-state index in [4.69, 9.17) is 5.73 Å². The maximum atomic E-state index is 6.09. The molecule has 1 fully saturated rings. The van der Waals surface area contributed by atoms with Gasteiger partial charge in [0.1, 0.15) is 11.6 Å². The van der Waals surface area contributed by atoms with E-state index in [0.717, 1.165) is 24.5 Å². The van der Waals surface area contributed by atoms with E-state index in [1.807, 2.05) is 0 Å². The van der Waals surface area contributed by atoms with Gasteiger partial charge < -0.3 is 10.3 Å². The van der Waals surface area contributed by atoms with Crippen LogP contribution in [-0.2, 0) is 5.41 Å². The van der Waals surface area contributed by atoms with E-state index in [-0.39, 0.29) is 5.41 Å². The highest BCUT2D eigenvalue weighted by Gasteiger charge is 2.35. The zero-order valence-electron chi connectivity index (χ0n) is 12.7. The Morgan fingerprint density at radius 2 is 1.79 bits per heavy atom. The Morgan fingerprint density at radius 3 is 2.32 bits per heavy atom. The van der Waals surface area contributed by atoms with Crippen molar-refractivity contribution in [2.24, 2.45) is 5.73 Å². The highest BCUT2D eigenvalue weighted by molar-refractivity contribution is 5.12. The monoisotopic (exact) mass is 264 g/mol. The summed E-state index contributed by atoms with van der Waals surface area (Å²) in [5, 5.41) is 8.87. The average Bonchev–Trinajstić information content (AvgIpc) is 2.85. The molecule has 0 spiro atoms. The number of hydrogen-bond donors (Lipinski definition) is 1. The van der Waals surface area contributed by atoms with Gasteiger partial charge in [0.05, 0.1) is 0 Å². The van der Waals surface area contributed by atoms with Crippen molar-refractivity contribution in [3.05, 3.63) is 11.6 Å². The third-order valence-corrected chi connectivity index (χ3v) is 5.02. The Kier molecular flexibility index (Phi) is 4.61. The lowest BCUT2D eigenvalue weighted by molar-refractivity contribution is 0.300. The molecule has 2 rings (SSSR count). The van der Waals surface area contributed by atoms with Crippen LogP contribution in [0.5, 0.6) is 0 Å². The molecule has 0 atom stereocenters. The Hall–Kier alpha value is -0.900. The first-order chi connectivity index (χ1) is 9.18. The van der Waals surface area contributed by atoms with Gasteiger partial charge in [-0.25, -0.2) is 0 Å². The summed E-state index contributed by atoms with van der Waals surface area (Å²) in [6.07, 6.45) is 8.62. The van der Waals surface area contributed by atoms with Crippen molar-refractivity contribution >= 4 is 0 Å². The minimum atomic E-state index is -0.00128. The van der Waals surface area contributed by atoms with Gasteiger partial charge in [-0.1, -0.05) is 33.1 Å². The van der Waals surface area contributed by atoms with Crippen molar-refractivity contribution in [3.8, 4) is 0 Å². The molecule has 1 heterocycles. The number of hydrogen-bond acceptors (Lipinski definition) is 3. The highest BCUT2D eigenvalue weighted by Crippen LogP contribution is 2.36. The lowest BCUT2D eigenvalue weighted by atomic mass is 9.81. The molecule has 0 radical (unpaired) electrons. The average molecular weight is 264 g/mol. The maximum absolute atomic E-state index is 6.09. The van der Waals surface area contributed by atoms with Crippen LogP contribution >= 0.6 is 0 Å². The van der Waals surface area contributed by atoms with Crippen molar-refractivity contribution in [1.82, 2.24) is 14.8 Å². The molecule has 1 aliphatic rings. The first-order valence-corrected chi connectivity index (χ1v) is 7.80. The summed E-state index contributed by atoms with van der Waals surface area (Å²) in [6.45, 7) is 7.17. The van der Waals surface area contributed by atoms with E-state index in [2.05, 4.69) is 35.5 Å². The highest BCUT2D eigenvalue weighted by atomic mass is 15.3. The fourth-order valence-electron chi connectivity index (χ4n) is 3.45. The lowest BCUT2D eigenvalue weighted by Gasteiger charge is -2.33. The SMILES string of the molecule is CCC(CC)(CN)c1nnc(C)n1C1CCCCC1. The summed E-state index contributed by atoms with van der Waals surface area (Å²) >= 11 is 0. The molecular weight excluding hydrogens is 236 g/mol. The molecular formula is C15H28N4. The Bertz CT molecular complexity index is 392. The Morgan fingerprint density at radius 1 is 1.16 bits per heavy atom. The molecule has 0 aromatic carbocycles. The summed E-state index contributed by atoms with van der Waals surface area (Å²) in [4.78, 5) is 0.